The summed E-state index contributed by atoms with van der Waals surface area (Å²) in [6.07, 6.45) is 6.24. The van der Waals surface area contributed by atoms with Gasteiger partial charge in [0.25, 0.3) is 5.91 Å². The Morgan fingerprint density at radius 2 is 2.16 bits per heavy atom. The number of benzene rings is 1. The summed E-state index contributed by atoms with van der Waals surface area (Å²) in [5.41, 5.74) is 10.5. The Hall–Kier alpha value is -3.22. The quantitative estimate of drug-likeness (QED) is 0.520. The Kier molecular flexibility index (Phi) is 3.68. The number of nitrogens with two attached hydrogens (primary N) is 1. The average molecular weight is 334 g/mol. The van der Waals surface area contributed by atoms with Crippen LogP contribution in [-0.4, -0.2) is 31.1 Å². The van der Waals surface area contributed by atoms with Crippen molar-refractivity contribution in [1.82, 2.24) is 25.1 Å². The number of fused-ring (bicyclic) bond motifs is 2. The van der Waals surface area contributed by atoms with E-state index in [2.05, 4.69) is 22.1 Å². The molecule has 0 aliphatic heterocycles. The van der Waals surface area contributed by atoms with Crippen molar-refractivity contribution in [1.29, 1.82) is 0 Å². The molecule has 7 nitrogen and oxygen atoms in total. The van der Waals surface area contributed by atoms with E-state index in [0.717, 1.165) is 47.1 Å². The molecule has 3 aromatic heterocycles. The fourth-order valence-corrected chi connectivity index (χ4v) is 3.06. The Labute approximate surface area is 143 Å². The van der Waals surface area contributed by atoms with Crippen LogP contribution in [0.15, 0.2) is 30.6 Å². The molecule has 0 saturated heterocycles. The topological polar surface area (TPSA) is 113 Å². The van der Waals surface area contributed by atoms with Crippen LogP contribution in [0, 0.1) is 0 Å². The second kappa shape index (κ2) is 6.01. The van der Waals surface area contributed by atoms with Crippen LogP contribution in [0.2, 0.25) is 0 Å². The minimum Gasteiger partial charge on any atom is -0.365 e. The molecule has 0 radical (unpaired) electrons. The zero-order valence-corrected chi connectivity index (χ0v) is 13.8. The molecule has 1 aromatic carbocycles. The molecule has 0 spiro atoms. The van der Waals surface area contributed by atoms with Gasteiger partial charge in [-0.15, -0.1) is 0 Å². The molecule has 0 bridgehead atoms. The number of H-pyrrole nitrogens is 2. The number of aromatic nitrogens is 5. The van der Waals surface area contributed by atoms with Gasteiger partial charge in [0, 0.05) is 17.1 Å². The monoisotopic (exact) mass is 334 g/mol. The molecule has 1 amide bonds. The normalized spacial score (nSPS) is 11.4. The van der Waals surface area contributed by atoms with Crippen molar-refractivity contribution in [2.75, 3.05) is 0 Å². The number of carbonyl (C=O) groups excluding carboxylic acids is 1. The van der Waals surface area contributed by atoms with Gasteiger partial charge >= 0.3 is 0 Å². The Balaban J connectivity index is 2.00. The summed E-state index contributed by atoms with van der Waals surface area (Å²) in [7, 11) is 0. The van der Waals surface area contributed by atoms with Gasteiger partial charge in [-0.1, -0.05) is 25.5 Å². The van der Waals surface area contributed by atoms with E-state index >= 15 is 0 Å². The van der Waals surface area contributed by atoms with Crippen molar-refractivity contribution in [3.8, 4) is 11.3 Å². The minimum atomic E-state index is -0.519. The molecule has 4 rings (SSSR count). The van der Waals surface area contributed by atoms with Gasteiger partial charge in [-0.05, 0) is 18.9 Å². The molecule has 4 N–H and O–H groups in total. The fourth-order valence-electron chi connectivity index (χ4n) is 3.06. The zero-order chi connectivity index (χ0) is 17.4. The maximum absolute atomic E-state index is 11.7. The number of unbranched alkanes of at least 4 members (excludes halogenated alkanes) is 1. The van der Waals surface area contributed by atoms with E-state index in [-0.39, 0.29) is 0 Å². The molecule has 25 heavy (non-hydrogen) atoms. The smallest absolute Gasteiger partial charge is 0.252 e. The third kappa shape index (κ3) is 2.53. The lowest BCUT2D eigenvalue weighted by Crippen LogP contribution is -2.11. The molecule has 0 aliphatic rings. The predicted molar refractivity (Wildman–Crippen MR) is 96.1 cm³/mol. The first kappa shape index (κ1) is 15.3. The lowest BCUT2D eigenvalue weighted by atomic mass is 10.0. The number of primary amides is 1. The number of nitrogens with one attached hydrogen (secondary N) is 2. The zero-order valence-electron chi connectivity index (χ0n) is 13.8. The summed E-state index contributed by atoms with van der Waals surface area (Å²) in [6.45, 7) is 2.14. The molecule has 4 aromatic rings. The highest BCUT2D eigenvalue weighted by Gasteiger charge is 2.18. The van der Waals surface area contributed by atoms with Crippen molar-refractivity contribution in [3.05, 3.63) is 41.9 Å². The van der Waals surface area contributed by atoms with Crippen molar-refractivity contribution >= 4 is 28.0 Å². The number of carbonyl (C=O) groups is 1. The first-order chi connectivity index (χ1) is 12.2. The summed E-state index contributed by atoms with van der Waals surface area (Å²) >= 11 is 0. The van der Waals surface area contributed by atoms with E-state index < -0.39 is 5.91 Å². The SMILES string of the molecule is CCCCc1nc2[nH]cc(C(N)=O)c2nc1-c1cccc2[nH]ncc12. The summed E-state index contributed by atoms with van der Waals surface area (Å²) in [5.74, 6) is -0.519. The van der Waals surface area contributed by atoms with Crippen LogP contribution in [0.3, 0.4) is 0 Å². The van der Waals surface area contributed by atoms with Gasteiger partial charge in [-0.25, -0.2) is 9.97 Å². The van der Waals surface area contributed by atoms with E-state index in [1.165, 1.54) is 0 Å². The van der Waals surface area contributed by atoms with Crippen LogP contribution in [0.1, 0.15) is 35.8 Å². The molecule has 7 heteroatoms. The summed E-state index contributed by atoms with van der Waals surface area (Å²) < 4.78 is 0. The maximum atomic E-state index is 11.7. The van der Waals surface area contributed by atoms with Crippen LogP contribution < -0.4 is 5.73 Å². The van der Waals surface area contributed by atoms with E-state index in [4.69, 9.17) is 15.7 Å². The molecule has 3 heterocycles. The number of hydrogen-bond acceptors (Lipinski definition) is 4. The van der Waals surface area contributed by atoms with Crippen LogP contribution in [0.4, 0.5) is 0 Å². The van der Waals surface area contributed by atoms with Gasteiger partial charge in [0.05, 0.1) is 28.7 Å². The summed E-state index contributed by atoms with van der Waals surface area (Å²) in [4.78, 5) is 24.2. The number of nitrogens with zero attached hydrogens (tertiary/aromatic N) is 3. The second-order valence-electron chi connectivity index (χ2n) is 6.02. The number of hydrogen-bond donors (Lipinski definition) is 3. The third-order valence-corrected chi connectivity index (χ3v) is 4.35. The maximum Gasteiger partial charge on any atom is 0.252 e. The van der Waals surface area contributed by atoms with Crippen LogP contribution in [0.25, 0.3) is 33.3 Å². The Morgan fingerprint density at radius 3 is 2.96 bits per heavy atom. The highest BCUT2D eigenvalue weighted by molar-refractivity contribution is 6.04. The van der Waals surface area contributed by atoms with Crippen molar-refractivity contribution < 1.29 is 4.79 Å². The molecule has 0 fully saturated rings. The van der Waals surface area contributed by atoms with Crippen molar-refractivity contribution in [2.24, 2.45) is 5.73 Å². The number of aromatic amines is 2. The van der Waals surface area contributed by atoms with E-state index in [1.807, 2.05) is 18.2 Å². The number of aryl methyl sites for hydroxylation is 1. The van der Waals surface area contributed by atoms with E-state index in [0.29, 0.717) is 16.7 Å². The van der Waals surface area contributed by atoms with Gasteiger partial charge in [0.1, 0.15) is 5.52 Å². The number of amides is 1. The third-order valence-electron chi connectivity index (χ3n) is 4.35. The van der Waals surface area contributed by atoms with Crippen LogP contribution >= 0.6 is 0 Å². The molecular formula is C18H18N6O. The minimum absolute atomic E-state index is 0.352. The highest BCUT2D eigenvalue weighted by Crippen LogP contribution is 2.30. The predicted octanol–water partition coefficient (Wildman–Crippen LogP) is 2.94. The number of rotatable bonds is 5. The van der Waals surface area contributed by atoms with Gasteiger partial charge in [0.2, 0.25) is 0 Å². The van der Waals surface area contributed by atoms with E-state index in [1.54, 1.807) is 12.4 Å². The van der Waals surface area contributed by atoms with Crippen molar-refractivity contribution in [2.45, 2.75) is 26.2 Å². The van der Waals surface area contributed by atoms with E-state index in [9.17, 15) is 4.79 Å². The Bertz CT molecular complexity index is 1080. The highest BCUT2D eigenvalue weighted by atomic mass is 16.1. The fraction of sp³-hybridized carbons (Fsp3) is 0.222. The molecule has 0 aliphatic carbocycles. The molecular weight excluding hydrogens is 316 g/mol. The van der Waals surface area contributed by atoms with Gasteiger partial charge in [-0.3, -0.25) is 9.89 Å². The van der Waals surface area contributed by atoms with Crippen molar-refractivity contribution in [3.63, 3.8) is 0 Å². The molecule has 0 atom stereocenters. The largest absolute Gasteiger partial charge is 0.365 e. The lowest BCUT2D eigenvalue weighted by Gasteiger charge is -2.09. The lowest BCUT2D eigenvalue weighted by molar-refractivity contribution is 0.100. The summed E-state index contributed by atoms with van der Waals surface area (Å²) in [5, 5.41) is 8.08. The van der Waals surface area contributed by atoms with Crippen LogP contribution in [-0.2, 0) is 6.42 Å². The summed E-state index contributed by atoms with van der Waals surface area (Å²) in [6, 6.07) is 5.92. The molecule has 0 saturated carbocycles. The first-order valence-corrected chi connectivity index (χ1v) is 8.29. The Morgan fingerprint density at radius 1 is 1.28 bits per heavy atom. The molecule has 0 unspecified atom stereocenters. The van der Waals surface area contributed by atoms with Gasteiger partial charge < -0.3 is 10.7 Å². The second-order valence-corrected chi connectivity index (χ2v) is 6.02. The van der Waals surface area contributed by atoms with Crippen LogP contribution in [0.5, 0.6) is 0 Å². The standard InChI is InChI=1S/C18H18N6O/c1-2-3-6-14-15(10-5-4-7-13-11(10)9-21-24-13)23-16-12(17(19)25)8-20-18(16)22-14/h4-5,7-9H,2-3,6H2,1H3,(H2,19,25)(H,20,22)(H,21,24). The average Bonchev–Trinajstić information content (AvgIpc) is 3.25. The van der Waals surface area contributed by atoms with Gasteiger partial charge in [-0.2, -0.15) is 5.10 Å². The molecule has 126 valence electrons. The van der Waals surface area contributed by atoms with Gasteiger partial charge in [0.15, 0.2) is 5.65 Å². The first-order valence-electron chi connectivity index (χ1n) is 8.29.